The third-order valence-electron chi connectivity index (χ3n) is 5.10. The first-order valence-corrected chi connectivity index (χ1v) is 7.89. The molecule has 21 heavy (non-hydrogen) atoms. The van der Waals surface area contributed by atoms with Gasteiger partial charge in [-0.25, -0.2) is 4.79 Å². The van der Waals surface area contributed by atoms with Crippen molar-refractivity contribution in [2.24, 2.45) is 5.92 Å². The number of hydrogen-bond donors (Lipinski definition) is 1. The van der Waals surface area contributed by atoms with Gasteiger partial charge < -0.3 is 5.11 Å². The molecule has 0 aliphatic heterocycles. The van der Waals surface area contributed by atoms with E-state index in [-0.39, 0.29) is 11.8 Å². The SMILES string of the molecule is CCC(CC)[C@@]1(CC(=O)C(=O)O)CCCc2ccccc21. The highest BCUT2D eigenvalue weighted by molar-refractivity contribution is 6.32. The van der Waals surface area contributed by atoms with Crippen LogP contribution < -0.4 is 0 Å². The minimum atomic E-state index is -1.30. The number of Topliss-reactive ketones (excluding diaryl/α,β-unsaturated/α-hetero) is 1. The van der Waals surface area contributed by atoms with E-state index in [1.807, 2.05) is 12.1 Å². The molecule has 0 bridgehead atoms. The van der Waals surface area contributed by atoms with E-state index in [4.69, 9.17) is 5.11 Å². The Balaban J connectivity index is 2.52. The van der Waals surface area contributed by atoms with Crippen molar-refractivity contribution in [3.63, 3.8) is 0 Å². The number of carboxylic acids is 1. The lowest BCUT2D eigenvalue weighted by molar-refractivity contribution is -0.150. The van der Waals surface area contributed by atoms with E-state index in [2.05, 4.69) is 26.0 Å². The first kappa shape index (κ1) is 15.7. The van der Waals surface area contributed by atoms with Gasteiger partial charge in [0.1, 0.15) is 0 Å². The van der Waals surface area contributed by atoms with E-state index in [0.717, 1.165) is 32.1 Å². The maximum absolute atomic E-state index is 12.0. The van der Waals surface area contributed by atoms with Crippen LogP contribution in [0.2, 0.25) is 0 Å². The maximum atomic E-state index is 12.0. The van der Waals surface area contributed by atoms with Crippen LogP contribution in [0.5, 0.6) is 0 Å². The Morgan fingerprint density at radius 2 is 1.90 bits per heavy atom. The third-order valence-corrected chi connectivity index (χ3v) is 5.10. The molecule has 0 aromatic heterocycles. The summed E-state index contributed by atoms with van der Waals surface area (Å²) in [4.78, 5) is 23.0. The molecule has 0 heterocycles. The van der Waals surface area contributed by atoms with Gasteiger partial charge in [0.15, 0.2) is 0 Å². The van der Waals surface area contributed by atoms with Crippen molar-refractivity contribution in [2.75, 3.05) is 0 Å². The van der Waals surface area contributed by atoms with Crippen LogP contribution in [0, 0.1) is 5.92 Å². The average Bonchev–Trinajstić information content (AvgIpc) is 2.48. The summed E-state index contributed by atoms with van der Waals surface area (Å²) in [6.45, 7) is 4.27. The van der Waals surface area contributed by atoms with Crippen molar-refractivity contribution in [3.8, 4) is 0 Å². The normalized spacial score (nSPS) is 21.1. The lowest BCUT2D eigenvalue weighted by Crippen LogP contribution is -2.41. The number of ketones is 1. The van der Waals surface area contributed by atoms with Crippen LogP contribution >= 0.6 is 0 Å². The van der Waals surface area contributed by atoms with E-state index in [1.54, 1.807) is 0 Å². The van der Waals surface area contributed by atoms with Crippen LogP contribution in [0.15, 0.2) is 24.3 Å². The average molecular weight is 288 g/mol. The fraction of sp³-hybridized carbons (Fsp3) is 0.556. The predicted octanol–water partition coefficient (Wildman–Crippen LogP) is 3.74. The molecule has 1 aromatic carbocycles. The highest BCUT2D eigenvalue weighted by atomic mass is 16.4. The fourth-order valence-electron chi connectivity index (χ4n) is 4.14. The van der Waals surface area contributed by atoms with E-state index in [9.17, 15) is 9.59 Å². The summed E-state index contributed by atoms with van der Waals surface area (Å²) in [5.41, 5.74) is 2.20. The van der Waals surface area contributed by atoms with Crippen LogP contribution in [0.4, 0.5) is 0 Å². The van der Waals surface area contributed by atoms with E-state index >= 15 is 0 Å². The maximum Gasteiger partial charge on any atom is 0.372 e. The van der Waals surface area contributed by atoms with Gasteiger partial charge in [-0.3, -0.25) is 4.79 Å². The number of aryl methyl sites for hydroxylation is 1. The number of carbonyl (C=O) groups is 2. The first-order valence-electron chi connectivity index (χ1n) is 7.89. The Labute approximate surface area is 126 Å². The Morgan fingerprint density at radius 1 is 1.24 bits per heavy atom. The van der Waals surface area contributed by atoms with Gasteiger partial charge in [0, 0.05) is 11.8 Å². The lowest BCUT2D eigenvalue weighted by Gasteiger charge is -2.44. The summed E-state index contributed by atoms with van der Waals surface area (Å²) < 4.78 is 0. The Kier molecular flexibility index (Phi) is 4.81. The zero-order valence-corrected chi connectivity index (χ0v) is 12.9. The Hall–Kier alpha value is -1.64. The summed E-state index contributed by atoms with van der Waals surface area (Å²) in [7, 11) is 0. The molecule has 0 fully saturated rings. The molecule has 1 atom stereocenters. The number of carbonyl (C=O) groups excluding carboxylic acids is 1. The second-order valence-corrected chi connectivity index (χ2v) is 6.09. The molecule has 114 valence electrons. The van der Waals surface area contributed by atoms with Gasteiger partial charge in [0.05, 0.1) is 0 Å². The van der Waals surface area contributed by atoms with E-state index < -0.39 is 11.8 Å². The number of rotatable bonds is 6. The highest BCUT2D eigenvalue weighted by Gasteiger charge is 2.44. The van der Waals surface area contributed by atoms with Crippen molar-refractivity contribution in [1.29, 1.82) is 0 Å². The molecular formula is C18H24O3. The third kappa shape index (κ3) is 2.87. The molecule has 1 aliphatic carbocycles. The molecule has 0 spiro atoms. The van der Waals surface area contributed by atoms with Crippen molar-refractivity contribution < 1.29 is 14.7 Å². The predicted molar refractivity (Wildman–Crippen MR) is 82.4 cm³/mol. The van der Waals surface area contributed by atoms with Crippen molar-refractivity contribution in [2.45, 2.75) is 57.8 Å². The van der Waals surface area contributed by atoms with Gasteiger partial charge in [0.2, 0.25) is 5.78 Å². The molecule has 3 nitrogen and oxygen atoms in total. The zero-order valence-electron chi connectivity index (χ0n) is 12.9. The molecule has 1 aliphatic rings. The number of benzene rings is 1. The highest BCUT2D eigenvalue weighted by Crippen LogP contribution is 2.48. The number of carboxylic acid groups (broad SMARTS) is 1. The van der Waals surface area contributed by atoms with Gasteiger partial charge in [-0.2, -0.15) is 0 Å². The van der Waals surface area contributed by atoms with Gasteiger partial charge in [-0.1, -0.05) is 51.0 Å². The smallest absolute Gasteiger partial charge is 0.372 e. The topological polar surface area (TPSA) is 54.4 Å². The van der Waals surface area contributed by atoms with Gasteiger partial charge in [-0.05, 0) is 36.3 Å². The molecule has 0 saturated carbocycles. The van der Waals surface area contributed by atoms with Crippen LogP contribution in [0.3, 0.4) is 0 Å². The summed E-state index contributed by atoms with van der Waals surface area (Å²) in [6.07, 6.45) is 5.04. The standard InChI is InChI=1S/C18H24O3/c1-3-14(4-2)18(12-16(19)17(20)21)11-7-9-13-8-5-6-10-15(13)18/h5-6,8,10,14H,3-4,7,9,11-12H2,1-2H3,(H,20,21)/t18-/m0/s1. The Bertz CT molecular complexity index is 531. The fourth-order valence-corrected chi connectivity index (χ4v) is 4.14. The minimum Gasteiger partial charge on any atom is -0.476 e. The van der Waals surface area contributed by atoms with Crippen LogP contribution in [-0.2, 0) is 21.4 Å². The van der Waals surface area contributed by atoms with Crippen LogP contribution in [-0.4, -0.2) is 16.9 Å². The van der Waals surface area contributed by atoms with E-state index in [1.165, 1.54) is 11.1 Å². The number of hydrogen-bond acceptors (Lipinski definition) is 2. The quantitative estimate of drug-likeness (QED) is 0.811. The molecule has 3 heteroatoms. The second-order valence-electron chi connectivity index (χ2n) is 6.09. The molecule has 0 unspecified atom stereocenters. The van der Waals surface area contributed by atoms with Gasteiger partial charge in [-0.15, -0.1) is 0 Å². The van der Waals surface area contributed by atoms with Crippen molar-refractivity contribution in [1.82, 2.24) is 0 Å². The first-order chi connectivity index (χ1) is 10.0. The summed E-state index contributed by atoms with van der Waals surface area (Å²) >= 11 is 0. The van der Waals surface area contributed by atoms with Gasteiger partial charge >= 0.3 is 5.97 Å². The number of fused-ring (bicyclic) bond motifs is 1. The van der Waals surface area contributed by atoms with E-state index in [0.29, 0.717) is 5.92 Å². The Morgan fingerprint density at radius 3 is 2.52 bits per heavy atom. The summed E-state index contributed by atoms with van der Waals surface area (Å²) in [6, 6.07) is 8.26. The molecular weight excluding hydrogens is 264 g/mol. The lowest BCUT2D eigenvalue weighted by atomic mass is 9.59. The largest absolute Gasteiger partial charge is 0.476 e. The molecule has 1 aromatic rings. The molecule has 0 saturated heterocycles. The van der Waals surface area contributed by atoms with Gasteiger partial charge in [0.25, 0.3) is 0 Å². The second kappa shape index (κ2) is 6.42. The monoisotopic (exact) mass is 288 g/mol. The summed E-state index contributed by atoms with van der Waals surface area (Å²) in [5, 5.41) is 9.05. The van der Waals surface area contributed by atoms with Crippen LogP contribution in [0.25, 0.3) is 0 Å². The van der Waals surface area contributed by atoms with Crippen molar-refractivity contribution in [3.05, 3.63) is 35.4 Å². The molecule has 1 N–H and O–H groups in total. The van der Waals surface area contributed by atoms with Crippen molar-refractivity contribution >= 4 is 11.8 Å². The summed E-state index contributed by atoms with van der Waals surface area (Å²) in [5.74, 6) is -1.61. The number of aliphatic carboxylic acids is 1. The minimum absolute atomic E-state index is 0.131. The zero-order chi connectivity index (χ0) is 15.5. The molecule has 0 amide bonds. The molecule has 2 rings (SSSR count). The molecule has 0 radical (unpaired) electrons. The van der Waals surface area contributed by atoms with Crippen LogP contribution in [0.1, 0.15) is 57.1 Å².